The highest BCUT2D eigenvalue weighted by molar-refractivity contribution is 7.13. The average Bonchev–Trinajstić information content (AvgIpc) is 2.77. The SMILES string of the molecule is CN(P)CCC1(C)C(=O)N(Cc2ccccc2)c2ccccc21. The molecule has 1 heterocycles. The van der Waals surface area contributed by atoms with E-state index in [1.165, 1.54) is 0 Å². The van der Waals surface area contributed by atoms with Crippen LogP contribution in [0.2, 0.25) is 0 Å². The highest BCUT2D eigenvalue weighted by Crippen LogP contribution is 2.44. The summed E-state index contributed by atoms with van der Waals surface area (Å²) in [6.07, 6.45) is 0.814. The van der Waals surface area contributed by atoms with Crippen LogP contribution >= 0.6 is 9.39 Å². The Kier molecular flexibility index (Phi) is 4.52. The maximum atomic E-state index is 13.2. The Labute approximate surface area is 140 Å². The van der Waals surface area contributed by atoms with Crippen LogP contribution in [0.1, 0.15) is 24.5 Å². The molecule has 0 saturated carbocycles. The summed E-state index contributed by atoms with van der Waals surface area (Å²) in [5.74, 6) is 0.203. The van der Waals surface area contributed by atoms with E-state index in [0.717, 1.165) is 29.8 Å². The zero-order valence-electron chi connectivity index (χ0n) is 13.7. The number of carbonyl (C=O) groups is 1. The molecule has 0 aliphatic carbocycles. The summed E-state index contributed by atoms with van der Waals surface area (Å²) in [5.41, 5.74) is 2.90. The fourth-order valence-corrected chi connectivity index (χ4v) is 3.39. The molecule has 0 aromatic heterocycles. The first-order chi connectivity index (χ1) is 11.0. The monoisotopic (exact) mass is 326 g/mol. The highest BCUT2D eigenvalue weighted by atomic mass is 31.0. The van der Waals surface area contributed by atoms with Gasteiger partial charge >= 0.3 is 0 Å². The maximum Gasteiger partial charge on any atom is 0.237 e. The number of fused-ring (bicyclic) bond motifs is 1. The van der Waals surface area contributed by atoms with Crippen LogP contribution in [0, 0.1) is 0 Å². The maximum absolute atomic E-state index is 13.2. The number of rotatable bonds is 5. The molecule has 1 amide bonds. The van der Waals surface area contributed by atoms with Crippen LogP contribution in [0.5, 0.6) is 0 Å². The number of carbonyl (C=O) groups excluding carboxylic acids is 1. The molecule has 3 nitrogen and oxygen atoms in total. The topological polar surface area (TPSA) is 23.6 Å². The van der Waals surface area contributed by atoms with Crippen LogP contribution < -0.4 is 4.90 Å². The number of hydrogen-bond donors (Lipinski definition) is 0. The van der Waals surface area contributed by atoms with E-state index in [9.17, 15) is 4.79 Å². The Bertz CT molecular complexity index is 702. The van der Waals surface area contributed by atoms with Crippen molar-refractivity contribution in [3.05, 3.63) is 65.7 Å². The minimum Gasteiger partial charge on any atom is -0.307 e. The second-order valence-electron chi connectivity index (χ2n) is 6.46. The quantitative estimate of drug-likeness (QED) is 0.784. The molecule has 120 valence electrons. The molecule has 0 N–H and O–H groups in total. The van der Waals surface area contributed by atoms with Gasteiger partial charge in [-0.1, -0.05) is 57.9 Å². The second-order valence-corrected chi connectivity index (χ2v) is 7.34. The van der Waals surface area contributed by atoms with Gasteiger partial charge in [0, 0.05) is 12.2 Å². The molecule has 2 unspecified atom stereocenters. The van der Waals surface area contributed by atoms with Crippen LogP contribution in [0.15, 0.2) is 54.6 Å². The molecule has 3 rings (SSSR count). The van der Waals surface area contributed by atoms with E-state index in [0.29, 0.717) is 6.54 Å². The first kappa shape index (κ1) is 16.2. The minimum atomic E-state index is -0.448. The zero-order chi connectivity index (χ0) is 16.4. The fourth-order valence-electron chi connectivity index (χ4n) is 3.26. The third-order valence-corrected chi connectivity index (χ3v) is 4.91. The number of benzene rings is 2. The van der Waals surface area contributed by atoms with E-state index in [-0.39, 0.29) is 5.91 Å². The predicted octanol–water partition coefficient (Wildman–Crippen LogP) is 3.60. The van der Waals surface area contributed by atoms with Gasteiger partial charge in [-0.05, 0) is 37.6 Å². The smallest absolute Gasteiger partial charge is 0.237 e. The van der Waals surface area contributed by atoms with Crippen LogP contribution in [0.3, 0.4) is 0 Å². The molecule has 4 heteroatoms. The Morgan fingerprint density at radius 3 is 2.43 bits per heavy atom. The van der Waals surface area contributed by atoms with Crippen molar-refractivity contribution in [3.63, 3.8) is 0 Å². The minimum absolute atomic E-state index is 0.203. The van der Waals surface area contributed by atoms with E-state index < -0.39 is 5.41 Å². The predicted molar refractivity (Wildman–Crippen MR) is 98.4 cm³/mol. The van der Waals surface area contributed by atoms with Gasteiger partial charge in [-0.2, -0.15) is 0 Å². The van der Waals surface area contributed by atoms with Crippen LogP contribution in [0.25, 0.3) is 0 Å². The number of nitrogens with zero attached hydrogens (tertiary/aromatic N) is 2. The molecular weight excluding hydrogens is 303 g/mol. The van der Waals surface area contributed by atoms with Crippen LogP contribution in [-0.4, -0.2) is 24.2 Å². The summed E-state index contributed by atoms with van der Waals surface area (Å²) < 4.78 is 2.06. The first-order valence-electron chi connectivity index (χ1n) is 7.93. The van der Waals surface area contributed by atoms with E-state index in [1.807, 2.05) is 42.3 Å². The van der Waals surface area contributed by atoms with Crippen molar-refractivity contribution in [2.45, 2.75) is 25.3 Å². The molecule has 0 spiro atoms. The molecule has 0 radical (unpaired) electrons. The Morgan fingerprint density at radius 2 is 1.74 bits per heavy atom. The lowest BCUT2D eigenvalue weighted by Gasteiger charge is -2.26. The van der Waals surface area contributed by atoms with Gasteiger partial charge in [0.15, 0.2) is 0 Å². The second kappa shape index (κ2) is 6.43. The molecule has 1 aliphatic rings. The summed E-state index contributed by atoms with van der Waals surface area (Å²) in [6, 6.07) is 18.4. The van der Waals surface area contributed by atoms with Gasteiger partial charge in [-0.25, -0.2) is 0 Å². The molecule has 1 aliphatic heterocycles. The van der Waals surface area contributed by atoms with Crippen molar-refractivity contribution >= 4 is 21.0 Å². The van der Waals surface area contributed by atoms with E-state index in [1.54, 1.807) is 0 Å². The molecular formula is C19H23N2OP. The van der Waals surface area contributed by atoms with Gasteiger partial charge in [0.2, 0.25) is 5.91 Å². The number of anilines is 1. The van der Waals surface area contributed by atoms with Gasteiger partial charge in [0.25, 0.3) is 0 Å². The van der Waals surface area contributed by atoms with E-state index >= 15 is 0 Å². The standard InChI is InChI=1S/C19H23N2OP/c1-19(12-13-20(2)23)16-10-6-7-11-17(16)21(18(19)22)14-15-8-4-3-5-9-15/h3-11H,12-14,23H2,1-2H3. The van der Waals surface area contributed by atoms with Gasteiger partial charge in [-0.3, -0.25) is 9.46 Å². The van der Waals surface area contributed by atoms with Crippen molar-refractivity contribution < 1.29 is 4.79 Å². The molecule has 0 bridgehead atoms. The lowest BCUT2D eigenvalue weighted by molar-refractivity contribution is -0.123. The molecule has 2 atom stereocenters. The molecule has 0 saturated heterocycles. The van der Waals surface area contributed by atoms with Gasteiger partial charge in [-0.15, -0.1) is 0 Å². The summed E-state index contributed by atoms with van der Waals surface area (Å²) >= 11 is 0. The van der Waals surface area contributed by atoms with Gasteiger partial charge < -0.3 is 4.90 Å². The Morgan fingerprint density at radius 1 is 1.09 bits per heavy atom. The summed E-state index contributed by atoms with van der Waals surface area (Å²) in [4.78, 5) is 15.1. The van der Waals surface area contributed by atoms with Crippen LogP contribution in [0.4, 0.5) is 5.69 Å². The fraction of sp³-hybridized carbons (Fsp3) is 0.316. The summed E-state index contributed by atoms with van der Waals surface area (Å²) in [6.45, 7) is 3.57. The number of hydrogen-bond acceptors (Lipinski definition) is 2. The summed E-state index contributed by atoms with van der Waals surface area (Å²) in [7, 11) is 4.69. The number of para-hydroxylation sites is 1. The first-order valence-corrected chi connectivity index (χ1v) is 8.45. The van der Waals surface area contributed by atoms with Gasteiger partial charge in [0.1, 0.15) is 0 Å². The van der Waals surface area contributed by atoms with Crippen molar-refractivity contribution in [3.8, 4) is 0 Å². The summed E-state index contributed by atoms with van der Waals surface area (Å²) in [5, 5.41) is 0. The van der Waals surface area contributed by atoms with Crippen molar-refractivity contribution in [1.82, 2.24) is 4.67 Å². The highest BCUT2D eigenvalue weighted by Gasteiger charge is 2.46. The van der Waals surface area contributed by atoms with E-state index in [4.69, 9.17) is 0 Å². The van der Waals surface area contributed by atoms with Crippen molar-refractivity contribution in [2.75, 3.05) is 18.5 Å². The lowest BCUT2D eigenvalue weighted by atomic mass is 9.80. The molecule has 0 fully saturated rings. The number of amides is 1. The largest absolute Gasteiger partial charge is 0.307 e. The third-order valence-electron chi connectivity index (χ3n) is 4.65. The van der Waals surface area contributed by atoms with Crippen LogP contribution in [-0.2, 0) is 16.8 Å². The average molecular weight is 326 g/mol. The molecule has 23 heavy (non-hydrogen) atoms. The van der Waals surface area contributed by atoms with Crippen molar-refractivity contribution in [2.24, 2.45) is 0 Å². The normalized spacial score (nSPS) is 20.2. The third kappa shape index (κ3) is 3.04. The molecule has 2 aromatic carbocycles. The van der Waals surface area contributed by atoms with Crippen molar-refractivity contribution in [1.29, 1.82) is 0 Å². The Balaban J connectivity index is 1.95. The molecule has 2 aromatic rings. The lowest BCUT2D eigenvalue weighted by Crippen LogP contribution is -2.39. The van der Waals surface area contributed by atoms with Gasteiger partial charge in [0.05, 0.1) is 12.0 Å². The Hall–Kier alpha value is -1.70. The zero-order valence-corrected chi connectivity index (χ0v) is 14.9. The van der Waals surface area contributed by atoms with E-state index in [2.05, 4.69) is 45.3 Å².